The highest BCUT2D eigenvalue weighted by Gasteiger charge is 2.29. The number of rotatable bonds is 0. The molecule has 0 saturated heterocycles. The first-order valence-corrected chi connectivity index (χ1v) is 6.95. The molecule has 0 amide bonds. The largest absolute Gasteiger partial charge is 0.287 e. The highest BCUT2D eigenvalue weighted by atomic mass is 79.9. The van der Waals surface area contributed by atoms with Gasteiger partial charge in [-0.25, -0.2) is 0 Å². The van der Waals surface area contributed by atoms with Crippen molar-refractivity contribution in [1.82, 2.24) is 9.97 Å². The van der Waals surface area contributed by atoms with E-state index in [-0.39, 0.29) is 5.78 Å². The zero-order valence-corrected chi connectivity index (χ0v) is 11.4. The molecule has 0 fully saturated rings. The number of carbonyl (C=O) groups is 1. The molecule has 0 spiro atoms. The van der Waals surface area contributed by atoms with E-state index < -0.39 is 0 Å². The van der Waals surface area contributed by atoms with Crippen LogP contribution in [0.5, 0.6) is 0 Å². The summed E-state index contributed by atoms with van der Waals surface area (Å²) in [7, 11) is 0. The number of ketones is 1. The monoisotopic (exact) mass is 316 g/mol. The zero-order valence-electron chi connectivity index (χ0n) is 8.98. The molecule has 0 atom stereocenters. The van der Waals surface area contributed by atoms with E-state index in [1.54, 1.807) is 12.4 Å². The third kappa shape index (κ3) is 1.20. The summed E-state index contributed by atoms with van der Waals surface area (Å²) in [6.45, 7) is 0. The molecular weight excluding hydrogens is 312 g/mol. The fourth-order valence-corrected chi connectivity index (χ4v) is 3.90. The molecule has 0 radical (unpaired) electrons. The molecule has 3 heterocycles. The summed E-state index contributed by atoms with van der Waals surface area (Å²) in [6.07, 6.45) is 3.44. The van der Waals surface area contributed by atoms with Gasteiger partial charge in [-0.3, -0.25) is 14.8 Å². The number of pyridine rings is 2. The number of nitrogens with zero attached hydrogens (tertiary/aromatic N) is 2. The van der Waals surface area contributed by atoms with Gasteiger partial charge in [-0.1, -0.05) is 0 Å². The van der Waals surface area contributed by atoms with Crippen molar-refractivity contribution in [3.05, 3.63) is 45.6 Å². The van der Waals surface area contributed by atoms with Crippen LogP contribution in [0.2, 0.25) is 0 Å². The van der Waals surface area contributed by atoms with Crippen molar-refractivity contribution in [3.63, 3.8) is 0 Å². The Bertz CT molecular complexity index is 820. The normalized spacial score (nSPS) is 12.8. The van der Waals surface area contributed by atoms with E-state index in [0.29, 0.717) is 11.3 Å². The smallest absolute Gasteiger partial charge is 0.213 e. The number of fused-ring (bicyclic) bond motifs is 2. The Morgan fingerprint density at radius 3 is 2.61 bits per heavy atom. The molecule has 0 aromatic carbocycles. The molecule has 18 heavy (non-hydrogen) atoms. The van der Waals surface area contributed by atoms with Gasteiger partial charge in [-0.2, -0.15) is 0 Å². The summed E-state index contributed by atoms with van der Waals surface area (Å²) >= 11 is 4.97. The lowest BCUT2D eigenvalue weighted by atomic mass is 9.95. The van der Waals surface area contributed by atoms with E-state index in [4.69, 9.17) is 0 Å². The van der Waals surface area contributed by atoms with Crippen LogP contribution in [0, 0.1) is 0 Å². The van der Waals surface area contributed by atoms with Crippen LogP contribution in [0.1, 0.15) is 16.1 Å². The Morgan fingerprint density at radius 2 is 1.83 bits per heavy atom. The molecular formula is C13H5BrN2OS. The van der Waals surface area contributed by atoms with Crippen molar-refractivity contribution in [2.45, 2.75) is 0 Å². The van der Waals surface area contributed by atoms with Gasteiger partial charge in [-0.15, -0.1) is 11.3 Å². The number of thiophene rings is 1. The van der Waals surface area contributed by atoms with E-state index in [9.17, 15) is 4.79 Å². The van der Waals surface area contributed by atoms with Crippen molar-refractivity contribution >= 4 is 43.8 Å². The van der Waals surface area contributed by atoms with Crippen molar-refractivity contribution in [2.75, 3.05) is 0 Å². The van der Waals surface area contributed by atoms with Crippen LogP contribution in [-0.2, 0) is 0 Å². The second kappa shape index (κ2) is 3.46. The van der Waals surface area contributed by atoms with Crippen molar-refractivity contribution < 1.29 is 4.79 Å². The van der Waals surface area contributed by atoms with Gasteiger partial charge in [0.2, 0.25) is 5.78 Å². The molecule has 86 valence electrons. The molecule has 3 aromatic heterocycles. The van der Waals surface area contributed by atoms with Gasteiger partial charge < -0.3 is 0 Å². The molecule has 3 aromatic rings. The highest BCUT2D eigenvalue weighted by molar-refractivity contribution is 9.11. The maximum absolute atomic E-state index is 12.4. The van der Waals surface area contributed by atoms with Gasteiger partial charge in [-0.05, 0) is 39.5 Å². The van der Waals surface area contributed by atoms with Gasteiger partial charge in [0.1, 0.15) is 5.69 Å². The summed E-state index contributed by atoms with van der Waals surface area (Å²) in [5, 5.41) is 1.88. The second-order valence-corrected chi connectivity index (χ2v) is 6.47. The fourth-order valence-electron chi connectivity index (χ4n) is 2.30. The van der Waals surface area contributed by atoms with Crippen LogP contribution in [0.4, 0.5) is 0 Å². The Balaban J connectivity index is 2.27. The van der Waals surface area contributed by atoms with Gasteiger partial charge in [0.05, 0.1) is 14.4 Å². The topological polar surface area (TPSA) is 42.9 Å². The van der Waals surface area contributed by atoms with E-state index in [2.05, 4.69) is 25.9 Å². The molecule has 0 N–H and O–H groups in total. The number of hydrogen-bond acceptors (Lipinski definition) is 4. The average Bonchev–Trinajstić information content (AvgIpc) is 2.78. The molecule has 0 saturated carbocycles. The molecule has 1 aliphatic carbocycles. The maximum atomic E-state index is 12.4. The predicted molar refractivity (Wildman–Crippen MR) is 74.0 cm³/mol. The van der Waals surface area contributed by atoms with Gasteiger partial charge in [0.25, 0.3) is 0 Å². The molecule has 5 heteroatoms. The number of carbonyl (C=O) groups excluding carboxylic acids is 1. The average molecular weight is 317 g/mol. The maximum Gasteiger partial charge on any atom is 0.213 e. The number of aromatic nitrogens is 2. The van der Waals surface area contributed by atoms with Gasteiger partial charge >= 0.3 is 0 Å². The molecule has 0 bridgehead atoms. The minimum atomic E-state index is -0.0157. The predicted octanol–water partition coefficient (Wildman–Crippen LogP) is 3.67. The first-order valence-electron chi connectivity index (χ1n) is 5.34. The van der Waals surface area contributed by atoms with Crippen LogP contribution in [0.15, 0.2) is 34.4 Å². The fraction of sp³-hybridized carbons (Fsp3) is 0. The Labute approximate surface area is 115 Å². The van der Waals surface area contributed by atoms with Crippen LogP contribution in [0.25, 0.3) is 21.3 Å². The number of hydrogen-bond donors (Lipinski definition) is 0. The Morgan fingerprint density at radius 1 is 1.11 bits per heavy atom. The molecule has 3 nitrogen and oxygen atoms in total. The standard InChI is InChI=1S/C13H5BrN2OS/c14-8-5-7-12(17)10-9-6(1-3-15-10)2-4-16-11(9)13(7)18-8/h1-5H. The summed E-state index contributed by atoms with van der Waals surface area (Å²) in [5.41, 5.74) is 2.06. The van der Waals surface area contributed by atoms with E-state index in [1.807, 2.05) is 18.2 Å². The molecule has 4 rings (SSSR count). The van der Waals surface area contributed by atoms with Crippen molar-refractivity contribution in [2.24, 2.45) is 0 Å². The quantitative estimate of drug-likeness (QED) is 0.497. The SMILES string of the molecule is O=C1c2cc(Br)sc2-c2nccc3ccnc1c23. The Kier molecular flexibility index (Phi) is 1.99. The third-order valence-electron chi connectivity index (χ3n) is 3.05. The van der Waals surface area contributed by atoms with Crippen LogP contribution in [0.3, 0.4) is 0 Å². The van der Waals surface area contributed by atoms with Crippen LogP contribution < -0.4 is 0 Å². The first-order chi connectivity index (χ1) is 8.75. The first kappa shape index (κ1) is 10.3. The lowest BCUT2D eigenvalue weighted by molar-refractivity contribution is 0.103. The minimum Gasteiger partial charge on any atom is -0.287 e. The van der Waals surface area contributed by atoms with E-state index >= 15 is 0 Å². The van der Waals surface area contributed by atoms with Crippen molar-refractivity contribution in [3.8, 4) is 10.6 Å². The van der Waals surface area contributed by atoms with Crippen LogP contribution >= 0.6 is 27.3 Å². The summed E-state index contributed by atoms with van der Waals surface area (Å²) in [5.74, 6) is -0.0157. The second-order valence-electron chi connectivity index (χ2n) is 4.04. The minimum absolute atomic E-state index is 0.0157. The van der Waals surface area contributed by atoms with E-state index in [0.717, 1.165) is 25.1 Å². The van der Waals surface area contributed by atoms with E-state index in [1.165, 1.54) is 11.3 Å². The highest BCUT2D eigenvalue weighted by Crippen LogP contribution is 2.43. The summed E-state index contributed by atoms with van der Waals surface area (Å²) < 4.78 is 0.937. The zero-order chi connectivity index (χ0) is 12.3. The van der Waals surface area contributed by atoms with Crippen molar-refractivity contribution in [1.29, 1.82) is 0 Å². The van der Waals surface area contributed by atoms with Gasteiger partial charge in [0.15, 0.2) is 0 Å². The number of halogens is 1. The molecule has 1 aliphatic rings. The lowest BCUT2D eigenvalue weighted by Crippen LogP contribution is -2.10. The summed E-state index contributed by atoms with van der Waals surface area (Å²) in [4.78, 5) is 22.0. The van der Waals surface area contributed by atoms with Gasteiger partial charge in [0, 0.05) is 23.3 Å². The lowest BCUT2D eigenvalue weighted by Gasteiger charge is -2.14. The summed E-state index contributed by atoms with van der Waals surface area (Å²) in [6, 6.07) is 5.66. The molecule has 0 aliphatic heterocycles. The van der Waals surface area contributed by atoms with Crippen LogP contribution in [-0.4, -0.2) is 15.8 Å². The molecule has 0 unspecified atom stereocenters. The Hall–Kier alpha value is -1.59. The third-order valence-corrected chi connectivity index (χ3v) is 4.70.